The molecule has 0 rings (SSSR count). The van der Waals surface area contributed by atoms with Crippen molar-refractivity contribution in [2.75, 3.05) is 47.5 Å². The molecule has 0 aromatic carbocycles. The van der Waals surface area contributed by atoms with Crippen LogP contribution in [0.5, 0.6) is 0 Å². The molecule has 0 aliphatic heterocycles. The lowest BCUT2D eigenvalue weighted by atomic mass is 10.0. The van der Waals surface area contributed by atoms with Gasteiger partial charge < -0.3 is 30.2 Å². The van der Waals surface area contributed by atoms with Crippen molar-refractivity contribution < 1.29 is 30.2 Å². The fourth-order valence-electron chi connectivity index (χ4n) is 4.80. The van der Waals surface area contributed by atoms with E-state index in [2.05, 4.69) is 20.8 Å². The maximum atomic E-state index is 5.59. The van der Waals surface area contributed by atoms with E-state index in [0.717, 1.165) is 12.5 Å². The normalized spacial score (nSPS) is 12.2. The van der Waals surface area contributed by atoms with Gasteiger partial charge in [-0.2, -0.15) is 0 Å². The summed E-state index contributed by atoms with van der Waals surface area (Å²) in [7, 11) is 2.73. The van der Waals surface area contributed by atoms with E-state index >= 15 is 0 Å². The Bertz CT molecular complexity index is 372. The van der Waals surface area contributed by atoms with Crippen LogP contribution in [0, 0.1) is 0 Å². The van der Waals surface area contributed by atoms with Gasteiger partial charge in [0.15, 0.2) is 0 Å². The highest BCUT2D eigenvalue weighted by atomic mass is 35.5. The van der Waals surface area contributed by atoms with E-state index in [4.69, 9.17) is 13.3 Å². The molecule has 0 N–H and O–H groups in total. The first kappa shape index (κ1) is 34.5. The van der Waals surface area contributed by atoms with Crippen molar-refractivity contribution >= 4 is 8.80 Å². The fraction of sp³-hybridized carbons (Fsp3) is 1.00. The van der Waals surface area contributed by atoms with Crippen molar-refractivity contribution in [2.45, 2.75) is 123 Å². The molecule has 196 valence electrons. The van der Waals surface area contributed by atoms with Gasteiger partial charge in [0.25, 0.3) is 0 Å². The van der Waals surface area contributed by atoms with Crippen molar-refractivity contribution in [1.82, 2.24) is 0 Å². The highest BCUT2D eigenvalue weighted by Crippen LogP contribution is 2.19. The third-order valence-electron chi connectivity index (χ3n) is 7.38. The zero-order chi connectivity index (χ0) is 23.3. The maximum Gasteiger partial charge on any atom is 0.500 e. The summed E-state index contributed by atoms with van der Waals surface area (Å²) in [6.45, 7) is 11.9. The van der Waals surface area contributed by atoms with Crippen molar-refractivity contribution in [3.8, 4) is 0 Å². The molecule has 0 atom stereocenters. The summed E-state index contributed by atoms with van der Waals surface area (Å²) in [6.07, 6.45) is 21.1. The zero-order valence-electron chi connectivity index (χ0n) is 22.7. The molecule has 32 heavy (non-hydrogen) atoms. The topological polar surface area (TPSA) is 27.7 Å². The number of hydrogen-bond acceptors (Lipinski definition) is 3. The molecule has 0 heterocycles. The summed E-state index contributed by atoms with van der Waals surface area (Å²) in [4.78, 5) is 0. The summed E-state index contributed by atoms with van der Waals surface area (Å²) >= 11 is 0. The van der Waals surface area contributed by atoms with Gasteiger partial charge in [0.1, 0.15) is 0 Å². The zero-order valence-corrected chi connectivity index (χ0v) is 24.4. The number of unbranched alkanes of at least 4 members (excludes halogenated alkanes) is 13. The van der Waals surface area contributed by atoms with Gasteiger partial charge in [0.2, 0.25) is 0 Å². The van der Waals surface area contributed by atoms with Crippen LogP contribution in [-0.2, 0) is 13.3 Å². The van der Waals surface area contributed by atoms with E-state index in [-0.39, 0.29) is 12.4 Å². The molecule has 4 nitrogen and oxygen atoms in total. The first-order valence-electron chi connectivity index (χ1n) is 13.6. The molecule has 0 aliphatic rings. The molecule has 0 aromatic rings. The van der Waals surface area contributed by atoms with Crippen LogP contribution in [0.4, 0.5) is 0 Å². The molecular formula is C26H58ClNO3Si. The van der Waals surface area contributed by atoms with Crippen LogP contribution in [0.1, 0.15) is 117 Å². The van der Waals surface area contributed by atoms with Gasteiger partial charge in [-0.15, -0.1) is 0 Å². The predicted octanol–water partition coefficient (Wildman–Crippen LogP) is 4.60. The Hall–Kier alpha value is 0.347. The largest absolute Gasteiger partial charge is 1.00 e. The monoisotopic (exact) mass is 495 g/mol. The molecule has 0 spiro atoms. The van der Waals surface area contributed by atoms with Gasteiger partial charge in [-0.1, -0.05) is 84.0 Å². The summed E-state index contributed by atoms with van der Waals surface area (Å²) in [6, 6.07) is 0.912. The van der Waals surface area contributed by atoms with Gasteiger partial charge >= 0.3 is 8.80 Å². The van der Waals surface area contributed by atoms with E-state index in [1.54, 1.807) is 21.3 Å². The molecule has 0 unspecified atom stereocenters. The van der Waals surface area contributed by atoms with Gasteiger partial charge in [-0.05, 0) is 26.7 Å². The Balaban J connectivity index is 0. The Labute approximate surface area is 209 Å². The third-order valence-corrected chi connectivity index (χ3v) is 10.2. The SMILES string of the molecule is CCCCCCCCCCCCCCCC[N+](CC)(CC)CCC[Si](OC)(OC)OC.[Cl-]. The first-order valence-corrected chi connectivity index (χ1v) is 15.5. The molecule has 0 bridgehead atoms. The second-order valence-electron chi connectivity index (χ2n) is 9.42. The van der Waals surface area contributed by atoms with Crippen LogP contribution in [0.15, 0.2) is 0 Å². The Kier molecular flexibility index (Phi) is 24.9. The Morgan fingerprint density at radius 3 is 1.19 bits per heavy atom. The van der Waals surface area contributed by atoms with E-state index in [0.29, 0.717) is 0 Å². The standard InChI is InChI=1S/C26H58NO3Si.ClH/c1-7-10-11-12-13-14-15-16-17-18-19-20-21-22-24-27(8-2,9-3)25-23-26-31(28-4,29-5)30-6;/h7-26H2,1-6H3;1H/q+1;/p-1. The molecule has 0 fully saturated rings. The molecule has 6 heteroatoms. The van der Waals surface area contributed by atoms with E-state index < -0.39 is 8.80 Å². The summed E-state index contributed by atoms with van der Waals surface area (Å²) in [5.41, 5.74) is 0. The molecule has 0 saturated carbocycles. The van der Waals surface area contributed by atoms with Gasteiger partial charge in [-0.3, -0.25) is 0 Å². The Morgan fingerprint density at radius 1 is 0.500 bits per heavy atom. The quantitative estimate of drug-likeness (QED) is 0.111. The van der Waals surface area contributed by atoms with Crippen molar-refractivity contribution in [2.24, 2.45) is 0 Å². The van der Waals surface area contributed by atoms with E-state index in [9.17, 15) is 0 Å². The minimum absolute atomic E-state index is 0. The predicted molar refractivity (Wildman–Crippen MR) is 138 cm³/mol. The highest BCUT2D eigenvalue weighted by molar-refractivity contribution is 6.60. The van der Waals surface area contributed by atoms with Gasteiger partial charge in [-0.25, -0.2) is 0 Å². The lowest BCUT2D eigenvalue weighted by Crippen LogP contribution is -3.00. The number of quaternary nitrogens is 1. The smallest absolute Gasteiger partial charge is 0.500 e. The minimum Gasteiger partial charge on any atom is -1.00 e. The van der Waals surface area contributed by atoms with E-state index in [1.807, 2.05) is 0 Å². The van der Waals surface area contributed by atoms with Crippen LogP contribution < -0.4 is 12.4 Å². The molecular weight excluding hydrogens is 438 g/mol. The third kappa shape index (κ3) is 16.1. The first-order chi connectivity index (χ1) is 15.1. The highest BCUT2D eigenvalue weighted by Gasteiger charge is 2.38. The Morgan fingerprint density at radius 2 is 0.844 bits per heavy atom. The number of rotatable bonds is 24. The van der Waals surface area contributed by atoms with Crippen LogP contribution >= 0.6 is 0 Å². The maximum absolute atomic E-state index is 5.59. The lowest BCUT2D eigenvalue weighted by Gasteiger charge is -2.38. The lowest BCUT2D eigenvalue weighted by molar-refractivity contribution is -0.925. The summed E-state index contributed by atoms with van der Waals surface area (Å²) in [5.74, 6) is 0. The molecule has 0 saturated heterocycles. The number of halogens is 1. The van der Waals surface area contributed by atoms with Crippen LogP contribution in [0.2, 0.25) is 6.04 Å². The van der Waals surface area contributed by atoms with Crippen LogP contribution in [-0.4, -0.2) is 60.8 Å². The van der Waals surface area contributed by atoms with Crippen molar-refractivity contribution in [3.05, 3.63) is 0 Å². The molecule has 0 amide bonds. The summed E-state index contributed by atoms with van der Waals surface area (Å²) < 4.78 is 18.0. The van der Waals surface area contributed by atoms with Crippen molar-refractivity contribution in [1.29, 1.82) is 0 Å². The average Bonchev–Trinajstić information content (AvgIpc) is 2.81. The molecule has 0 radical (unpaired) electrons. The van der Waals surface area contributed by atoms with Gasteiger partial charge in [0.05, 0.1) is 26.2 Å². The summed E-state index contributed by atoms with van der Waals surface area (Å²) in [5, 5.41) is 0. The second kappa shape index (κ2) is 23.1. The number of nitrogens with zero attached hydrogens (tertiary/aromatic N) is 1. The van der Waals surface area contributed by atoms with Crippen LogP contribution in [0.25, 0.3) is 0 Å². The minimum atomic E-state index is -2.43. The molecule has 0 aromatic heterocycles. The fourth-order valence-corrected chi connectivity index (χ4v) is 6.50. The van der Waals surface area contributed by atoms with Crippen molar-refractivity contribution in [3.63, 3.8) is 0 Å². The van der Waals surface area contributed by atoms with Crippen LogP contribution in [0.3, 0.4) is 0 Å². The molecule has 0 aliphatic carbocycles. The number of hydrogen-bond donors (Lipinski definition) is 0. The van der Waals surface area contributed by atoms with Gasteiger partial charge in [0, 0.05) is 33.8 Å². The average molecular weight is 496 g/mol. The second-order valence-corrected chi connectivity index (χ2v) is 12.5. The van der Waals surface area contributed by atoms with E-state index in [1.165, 1.54) is 121 Å².